The van der Waals surface area contributed by atoms with Crippen LogP contribution in [0, 0.1) is 6.92 Å². The van der Waals surface area contributed by atoms with Crippen molar-refractivity contribution in [1.29, 1.82) is 0 Å². The van der Waals surface area contributed by atoms with E-state index in [9.17, 15) is 0 Å². The molecule has 0 unspecified atom stereocenters. The summed E-state index contributed by atoms with van der Waals surface area (Å²) in [6.45, 7) is 4.70. The van der Waals surface area contributed by atoms with E-state index in [2.05, 4.69) is 24.2 Å². The van der Waals surface area contributed by atoms with Crippen molar-refractivity contribution in [3.05, 3.63) is 37.4 Å². The zero-order valence-electron chi connectivity index (χ0n) is 6.90. The van der Waals surface area contributed by atoms with Gasteiger partial charge in [-0.2, -0.15) is 5.10 Å². The second-order valence-corrected chi connectivity index (χ2v) is 2.78. The fourth-order valence-electron chi connectivity index (χ4n) is 1.35. The quantitative estimate of drug-likeness (QED) is 0.657. The molecule has 0 bridgehead atoms. The molecule has 61 valence electrons. The molecule has 0 fully saturated rings. The van der Waals surface area contributed by atoms with Crippen molar-refractivity contribution in [3.63, 3.8) is 0 Å². The third-order valence-corrected chi connectivity index (χ3v) is 1.92. The highest BCUT2D eigenvalue weighted by molar-refractivity contribution is 5.78. The monoisotopic (exact) mass is 159 g/mol. The number of para-hydroxylation sites is 1. The van der Waals surface area contributed by atoms with E-state index in [0.29, 0.717) is 0 Å². The van der Waals surface area contributed by atoms with Crippen molar-refractivity contribution in [2.24, 2.45) is 0 Å². The van der Waals surface area contributed by atoms with E-state index in [1.165, 1.54) is 10.9 Å². The van der Waals surface area contributed by atoms with Gasteiger partial charge in [0.1, 0.15) is 0 Å². The Hall–Kier alpha value is -1.31. The smallest absolute Gasteiger partial charge is 0.0682 e. The van der Waals surface area contributed by atoms with Gasteiger partial charge < -0.3 is 0 Å². The summed E-state index contributed by atoms with van der Waals surface area (Å²) in [6, 6.07) is 8.21. The summed E-state index contributed by atoms with van der Waals surface area (Å²) in [5.41, 5.74) is 1.20. The van der Waals surface area contributed by atoms with Gasteiger partial charge >= 0.3 is 0 Å². The lowest BCUT2D eigenvalue weighted by molar-refractivity contribution is 0.644. The number of rotatable bonds is 2. The van der Waals surface area contributed by atoms with E-state index in [-0.39, 0.29) is 0 Å². The van der Waals surface area contributed by atoms with Crippen LogP contribution in [0.5, 0.6) is 0 Å². The highest BCUT2D eigenvalue weighted by atomic mass is 15.3. The van der Waals surface area contributed by atoms with Crippen molar-refractivity contribution < 1.29 is 0 Å². The van der Waals surface area contributed by atoms with Gasteiger partial charge in [0, 0.05) is 11.9 Å². The molecule has 2 heteroatoms. The molecule has 0 aliphatic carbocycles. The van der Waals surface area contributed by atoms with Crippen LogP contribution in [0.3, 0.4) is 0 Å². The summed E-state index contributed by atoms with van der Waals surface area (Å²) >= 11 is 0. The minimum Gasteiger partial charge on any atom is -0.265 e. The summed E-state index contributed by atoms with van der Waals surface area (Å²) in [5, 5.41) is 5.46. The first-order valence-electron chi connectivity index (χ1n) is 4.11. The van der Waals surface area contributed by atoms with Crippen molar-refractivity contribution in [3.8, 4) is 0 Å². The average Bonchev–Trinajstić information content (AvgIpc) is 2.50. The summed E-state index contributed by atoms with van der Waals surface area (Å²) < 4.78 is 1.99. The first-order valence-corrected chi connectivity index (χ1v) is 4.11. The van der Waals surface area contributed by atoms with Crippen molar-refractivity contribution in [2.75, 3.05) is 0 Å². The number of fused-ring (bicyclic) bond motifs is 1. The fourth-order valence-corrected chi connectivity index (χ4v) is 1.35. The molecular weight excluding hydrogens is 148 g/mol. The lowest BCUT2D eigenvalue weighted by Crippen LogP contribution is -1.97. The SMILES string of the molecule is [CH2]CCn1ncc2ccccc21. The Bertz CT molecular complexity index is 376. The van der Waals surface area contributed by atoms with E-state index >= 15 is 0 Å². The van der Waals surface area contributed by atoms with Crippen LogP contribution in [-0.2, 0) is 6.54 Å². The number of nitrogens with zero attached hydrogens (tertiary/aromatic N) is 2. The van der Waals surface area contributed by atoms with Gasteiger partial charge in [-0.25, -0.2) is 0 Å². The fraction of sp³-hybridized carbons (Fsp3) is 0.200. The Balaban J connectivity index is 2.55. The Labute approximate surface area is 71.8 Å². The molecule has 1 heterocycles. The van der Waals surface area contributed by atoms with E-state index in [0.717, 1.165) is 13.0 Å². The van der Waals surface area contributed by atoms with Gasteiger partial charge in [0.2, 0.25) is 0 Å². The predicted octanol–water partition coefficient (Wildman–Crippen LogP) is 2.26. The largest absolute Gasteiger partial charge is 0.265 e. The van der Waals surface area contributed by atoms with Crippen molar-refractivity contribution in [2.45, 2.75) is 13.0 Å². The lowest BCUT2D eigenvalue weighted by Gasteiger charge is -1.98. The lowest BCUT2D eigenvalue weighted by atomic mass is 10.2. The van der Waals surface area contributed by atoms with Gasteiger partial charge in [-0.15, -0.1) is 0 Å². The van der Waals surface area contributed by atoms with Crippen LogP contribution >= 0.6 is 0 Å². The van der Waals surface area contributed by atoms with E-state index in [4.69, 9.17) is 0 Å². The predicted molar refractivity (Wildman–Crippen MR) is 49.7 cm³/mol. The molecule has 0 aliphatic rings. The molecule has 1 radical (unpaired) electrons. The molecule has 0 spiro atoms. The molecule has 0 N–H and O–H groups in total. The maximum Gasteiger partial charge on any atom is 0.0682 e. The average molecular weight is 159 g/mol. The molecule has 0 atom stereocenters. The Kier molecular flexibility index (Phi) is 1.82. The van der Waals surface area contributed by atoms with Crippen LogP contribution in [0.2, 0.25) is 0 Å². The zero-order chi connectivity index (χ0) is 8.39. The van der Waals surface area contributed by atoms with E-state index in [1.807, 2.05) is 23.0 Å². The highest BCUT2D eigenvalue weighted by Crippen LogP contribution is 2.12. The Morgan fingerprint density at radius 1 is 1.33 bits per heavy atom. The van der Waals surface area contributed by atoms with Crippen LogP contribution in [0.25, 0.3) is 10.9 Å². The molecule has 2 rings (SSSR count). The van der Waals surface area contributed by atoms with Gasteiger partial charge in [0.25, 0.3) is 0 Å². The first-order chi connectivity index (χ1) is 5.92. The number of hydrogen-bond donors (Lipinski definition) is 0. The molecule has 1 aromatic heterocycles. The van der Waals surface area contributed by atoms with Crippen LogP contribution in [0.15, 0.2) is 30.5 Å². The minimum atomic E-state index is 0.881. The molecule has 12 heavy (non-hydrogen) atoms. The molecule has 2 aromatic rings. The van der Waals surface area contributed by atoms with Crippen molar-refractivity contribution in [1.82, 2.24) is 9.78 Å². The third-order valence-electron chi connectivity index (χ3n) is 1.92. The molecule has 1 aromatic carbocycles. The number of aryl methyl sites for hydroxylation is 1. The number of benzene rings is 1. The standard InChI is InChI=1S/C10H11N2/c1-2-7-12-10-6-4-3-5-9(10)8-11-12/h3-6,8H,1-2,7H2. The first kappa shape index (κ1) is 7.35. The third kappa shape index (κ3) is 1.09. The van der Waals surface area contributed by atoms with Crippen molar-refractivity contribution >= 4 is 10.9 Å². The summed E-state index contributed by atoms with van der Waals surface area (Å²) in [7, 11) is 0. The molecule has 0 aliphatic heterocycles. The van der Waals surface area contributed by atoms with Gasteiger partial charge in [0.15, 0.2) is 0 Å². The normalized spacial score (nSPS) is 10.8. The molecule has 2 nitrogen and oxygen atoms in total. The Morgan fingerprint density at radius 2 is 2.17 bits per heavy atom. The van der Waals surface area contributed by atoms with Gasteiger partial charge in [-0.3, -0.25) is 4.68 Å². The topological polar surface area (TPSA) is 17.8 Å². The molecule has 0 amide bonds. The second kappa shape index (κ2) is 2.97. The van der Waals surface area contributed by atoms with E-state index < -0.39 is 0 Å². The number of aromatic nitrogens is 2. The molecule has 0 saturated heterocycles. The minimum absolute atomic E-state index is 0.881. The van der Waals surface area contributed by atoms with Crippen LogP contribution in [-0.4, -0.2) is 9.78 Å². The number of hydrogen-bond acceptors (Lipinski definition) is 1. The Morgan fingerprint density at radius 3 is 3.00 bits per heavy atom. The second-order valence-electron chi connectivity index (χ2n) is 2.78. The summed E-state index contributed by atoms with van der Waals surface area (Å²) in [5.74, 6) is 0. The summed E-state index contributed by atoms with van der Waals surface area (Å²) in [6.07, 6.45) is 2.77. The van der Waals surface area contributed by atoms with Crippen LogP contribution < -0.4 is 0 Å². The van der Waals surface area contributed by atoms with Crippen LogP contribution in [0.4, 0.5) is 0 Å². The van der Waals surface area contributed by atoms with Crippen LogP contribution in [0.1, 0.15) is 6.42 Å². The van der Waals surface area contributed by atoms with E-state index in [1.54, 1.807) is 0 Å². The summed E-state index contributed by atoms with van der Waals surface area (Å²) in [4.78, 5) is 0. The molecule has 0 saturated carbocycles. The van der Waals surface area contributed by atoms with Gasteiger partial charge in [-0.05, 0) is 12.5 Å². The van der Waals surface area contributed by atoms with Gasteiger partial charge in [-0.1, -0.05) is 25.1 Å². The zero-order valence-corrected chi connectivity index (χ0v) is 6.90. The maximum absolute atomic E-state index is 4.26. The maximum atomic E-state index is 4.26. The molecular formula is C10H11N2. The van der Waals surface area contributed by atoms with Gasteiger partial charge in [0.05, 0.1) is 11.7 Å². The highest BCUT2D eigenvalue weighted by Gasteiger charge is 1.98.